The van der Waals surface area contributed by atoms with Crippen molar-refractivity contribution in [1.82, 2.24) is 5.32 Å². The molecule has 1 fully saturated rings. The first-order chi connectivity index (χ1) is 11.8. The van der Waals surface area contributed by atoms with Crippen LogP contribution in [-0.2, 0) is 16.8 Å². The zero-order valence-electron chi connectivity index (χ0n) is 13.3. The Balaban J connectivity index is 1.46. The number of thiophene rings is 2. The fourth-order valence-corrected chi connectivity index (χ4v) is 5.32. The van der Waals surface area contributed by atoms with E-state index < -0.39 is 0 Å². The second kappa shape index (κ2) is 6.57. The highest BCUT2D eigenvalue weighted by atomic mass is 32.1. The van der Waals surface area contributed by atoms with Gasteiger partial charge in [-0.25, -0.2) is 0 Å². The van der Waals surface area contributed by atoms with E-state index in [2.05, 4.69) is 28.2 Å². The third-order valence-electron chi connectivity index (χ3n) is 4.82. The molecular weight excluding hydrogens is 338 g/mol. The van der Waals surface area contributed by atoms with Gasteiger partial charge in [0.25, 0.3) is 0 Å². The minimum absolute atomic E-state index is 0.181. The molecule has 0 aromatic carbocycles. The van der Waals surface area contributed by atoms with Crippen molar-refractivity contribution in [3.05, 3.63) is 57.3 Å². The van der Waals surface area contributed by atoms with Gasteiger partial charge in [0.2, 0.25) is 5.91 Å². The summed E-state index contributed by atoms with van der Waals surface area (Å²) in [6, 6.07) is 8.23. The van der Waals surface area contributed by atoms with Gasteiger partial charge >= 0.3 is 0 Å². The van der Waals surface area contributed by atoms with Crippen LogP contribution in [0.5, 0.6) is 0 Å². The van der Waals surface area contributed by atoms with E-state index in [-0.39, 0.29) is 11.3 Å². The molecule has 0 bridgehead atoms. The lowest BCUT2D eigenvalue weighted by Gasteiger charge is -2.26. The zero-order valence-corrected chi connectivity index (χ0v) is 14.9. The SMILES string of the molecule is O=C(NCc1cc(-c2ccoc2)cs1)C1(c2cccs2)CCCC1. The van der Waals surface area contributed by atoms with Crippen LogP contribution in [0.25, 0.3) is 11.1 Å². The molecule has 1 N–H and O–H groups in total. The second-order valence-corrected chi connectivity index (χ2v) is 8.21. The summed E-state index contributed by atoms with van der Waals surface area (Å²) in [5, 5.41) is 7.36. The Morgan fingerprint density at radius 1 is 1.21 bits per heavy atom. The number of carbonyl (C=O) groups excluding carboxylic acids is 1. The minimum Gasteiger partial charge on any atom is -0.472 e. The summed E-state index contributed by atoms with van der Waals surface area (Å²) in [6.45, 7) is 0.592. The number of hydrogen-bond donors (Lipinski definition) is 1. The van der Waals surface area contributed by atoms with Crippen LogP contribution in [0.1, 0.15) is 35.4 Å². The first kappa shape index (κ1) is 15.7. The van der Waals surface area contributed by atoms with Crippen molar-refractivity contribution < 1.29 is 9.21 Å². The van der Waals surface area contributed by atoms with Crippen LogP contribution in [-0.4, -0.2) is 5.91 Å². The fourth-order valence-electron chi connectivity index (χ4n) is 3.50. The Kier molecular flexibility index (Phi) is 4.29. The zero-order chi connectivity index (χ0) is 16.4. The van der Waals surface area contributed by atoms with E-state index in [1.807, 2.05) is 12.1 Å². The number of rotatable bonds is 5. The van der Waals surface area contributed by atoms with Crippen molar-refractivity contribution in [2.75, 3.05) is 0 Å². The average Bonchev–Trinajstić information content (AvgIpc) is 3.41. The Morgan fingerprint density at radius 3 is 2.79 bits per heavy atom. The van der Waals surface area contributed by atoms with Gasteiger partial charge in [-0.3, -0.25) is 4.79 Å². The van der Waals surface area contributed by atoms with Gasteiger partial charge in [-0.1, -0.05) is 18.9 Å². The molecule has 3 aromatic heterocycles. The maximum absolute atomic E-state index is 13.0. The molecule has 3 aromatic rings. The van der Waals surface area contributed by atoms with Crippen molar-refractivity contribution in [2.45, 2.75) is 37.6 Å². The Labute approximate surface area is 149 Å². The molecule has 0 radical (unpaired) electrons. The van der Waals surface area contributed by atoms with Crippen molar-refractivity contribution >= 4 is 28.6 Å². The lowest BCUT2D eigenvalue weighted by atomic mass is 9.83. The van der Waals surface area contributed by atoms with E-state index in [1.165, 1.54) is 9.75 Å². The molecule has 0 atom stereocenters. The predicted molar refractivity (Wildman–Crippen MR) is 98.3 cm³/mol. The maximum atomic E-state index is 13.0. The van der Waals surface area contributed by atoms with Crippen LogP contribution >= 0.6 is 22.7 Å². The molecule has 3 nitrogen and oxygen atoms in total. The molecule has 0 spiro atoms. The fraction of sp³-hybridized carbons (Fsp3) is 0.316. The molecule has 0 saturated heterocycles. The number of hydrogen-bond acceptors (Lipinski definition) is 4. The van der Waals surface area contributed by atoms with Crippen molar-refractivity contribution in [3.63, 3.8) is 0 Å². The van der Waals surface area contributed by atoms with Crippen molar-refractivity contribution in [1.29, 1.82) is 0 Å². The lowest BCUT2D eigenvalue weighted by Crippen LogP contribution is -2.41. The van der Waals surface area contributed by atoms with Gasteiger partial charge in [-0.2, -0.15) is 0 Å². The summed E-state index contributed by atoms with van der Waals surface area (Å²) in [5.74, 6) is 0.181. The van der Waals surface area contributed by atoms with Gasteiger partial charge in [-0.15, -0.1) is 22.7 Å². The smallest absolute Gasteiger partial charge is 0.231 e. The summed E-state index contributed by atoms with van der Waals surface area (Å²) in [5.41, 5.74) is 1.92. The van der Waals surface area contributed by atoms with E-state index in [0.29, 0.717) is 6.54 Å². The average molecular weight is 358 g/mol. The minimum atomic E-state index is -0.307. The number of furan rings is 1. The largest absolute Gasteiger partial charge is 0.472 e. The number of carbonyl (C=O) groups is 1. The van der Waals surface area contributed by atoms with E-state index in [0.717, 1.165) is 36.8 Å². The summed E-state index contributed by atoms with van der Waals surface area (Å²) in [6.07, 6.45) is 7.62. The maximum Gasteiger partial charge on any atom is 0.231 e. The van der Waals surface area contributed by atoms with Gasteiger partial charge in [0, 0.05) is 15.3 Å². The van der Waals surface area contributed by atoms with Crippen LogP contribution in [0, 0.1) is 0 Å². The van der Waals surface area contributed by atoms with Gasteiger partial charge < -0.3 is 9.73 Å². The van der Waals surface area contributed by atoms with Crippen LogP contribution in [0.3, 0.4) is 0 Å². The summed E-state index contributed by atoms with van der Waals surface area (Å²) < 4.78 is 5.13. The van der Waals surface area contributed by atoms with Gasteiger partial charge in [0.1, 0.15) is 0 Å². The van der Waals surface area contributed by atoms with E-state index in [4.69, 9.17) is 4.42 Å². The molecule has 0 unspecified atom stereocenters. The summed E-state index contributed by atoms with van der Waals surface area (Å²) >= 11 is 3.38. The highest BCUT2D eigenvalue weighted by Gasteiger charge is 2.43. The third-order valence-corrected chi connectivity index (χ3v) is 6.83. The molecule has 3 heterocycles. The van der Waals surface area contributed by atoms with E-state index in [1.54, 1.807) is 35.2 Å². The van der Waals surface area contributed by atoms with Gasteiger partial charge in [0.05, 0.1) is 24.5 Å². The lowest BCUT2D eigenvalue weighted by molar-refractivity contribution is -0.126. The molecule has 4 rings (SSSR count). The van der Waals surface area contributed by atoms with Crippen LogP contribution in [0.2, 0.25) is 0 Å². The molecule has 24 heavy (non-hydrogen) atoms. The molecule has 124 valence electrons. The monoisotopic (exact) mass is 357 g/mol. The normalized spacial score (nSPS) is 16.3. The summed E-state index contributed by atoms with van der Waals surface area (Å²) in [4.78, 5) is 15.3. The predicted octanol–water partition coefficient (Wildman–Crippen LogP) is 5.20. The molecule has 1 saturated carbocycles. The van der Waals surface area contributed by atoms with E-state index in [9.17, 15) is 4.79 Å². The van der Waals surface area contributed by atoms with Gasteiger partial charge in [-0.05, 0) is 47.4 Å². The first-order valence-electron chi connectivity index (χ1n) is 8.20. The standard InChI is InChI=1S/C19H19NO2S2/c21-18(19(6-1-2-7-19)17-4-3-9-23-17)20-11-16-10-15(13-24-16)14-5-8-22-12-14/h3-5,8-10,12-13H,1-2,6-7,11H2,(H,20,21). The molecule has 1 aliphatic carbocycles. The van der Waals surface area contributed by atoms with Crippen molar-refractivity contribution in [2.24, 2.45) is 0 Å². The summed E-state index contributed by atoms with van der Waals surface area (Å²) in [7, 11) is 0. The Hall–Kier alpha value is -1.85. The highest BCUT2D eigenvalue weighted by molar-refractivity contribution is 7.10. The first-order valence-corrected chi connectivity index (χ1v) is 9.96. The van der Waals surface area contributed by atoms with Crippen LogP contribution < -0.4 is 5.32 Å². The number of amides is 1. The quantitative estimate of drug-likeness (QED) is 0.682. The second-order valence-electron chi connectivity index (χ2n) is 6.26. The molecular formula is C19H19NO2S2. The van der Waals surface area contributed by atoms with Gasteiger partial charge in [0.15, 0.2) is 0 Å². The van der Waals surface area contributed by atoms with E-state index >= 15 is 0 Å². The molecule has 5 heteroatoms. The third kappa shape index (κ3) is 2.82. The van der Waals surface area contributed by atoms with Crippen LogP contribution in [0.15, 0.2) is 52.0 Å². The molecule has 1 amide bonds. The highest BCUT2D eigenvalue weighted by Crippen LogP contribution is 2.43. The Morgan fingerprint density at radius 2 is 2.08 bits per heavy atom. The topological polar surface area (TPSA) is 42.2 Å². The molecule has 0 aliphatic heterocycles. The number of nitrogens with one attached hydrogen (secondary N) is 1. The van der Waals surface area contributed by atoms with Crippen molar-refractivity contribution in [3.8, 4) is 11.1 Å². The Bertz CT molecular complexity index is 796. The molecule has 1 aliphatic rings. The van der Waals surface area contributed by atoms with Crippen LogP contribution in [0.4, 0.5) is 0 Å².